The molecule has 1 aromatic carbocycles. The van der Waals surface area contributed by atoms with Crippen molar-refractivity contribution in [3.8, 4) is 0 Å². The minimum absolute atomic E-state index is 0.0396. The molecule has 1 amide bonds. The fourth-order valence-corrected chi connectivity index (χ4v) is 3.38. The highest BCUT2D eigenvalue weighted by Gasteiger charge is 2.22. The molecule has 0 atom stereocenters. The summed E-state index contributed by atoms with van der Waals surface area (Å²) in [6, 6.07) is 1.68. The zero-order valence-corrected chi connectivity index (χ0v) is 13.4. The first-order chi connectivity index (χ1) is 9.05. The van der Waals surface area contributed by atoms with Crippen LogP contribution in [-0.4, -0.2) is 20.9 Å². The van der Waals surface area contributed by atoms with Gasteiger partial charge in [-0.3, -0.25) is 4.79 Å². The Morgan fingerprint density at radius 2 is 1.80 bits per heavy atom. The van der Waals surface area contributed by atoms with Gasteiger partial charge >= 0.3 is 0 Å². The number of carbonyl (C=O) groups excluding carboxylic acids is 1. The first-order valence-electron chi connectivity index (χ1n) is 6.47. The standard InChI is InChI=1S/C14H22N2O3S/c1-8(2)7-16-14(17)12-9(3)6-10(4)13(11(12)5)20(15,18)19/h6,8H,7H2,1-5H3,(H,16,17)(H2,15,18,19). The maximum absolute atomic E-state index is 12.2. The molecule has 0 aliphatic rings. The third kappa shape index (κ3) is 3.58. The van der Waals surface area contributed by atoms with E-state index >= 15 is 0 Å². The third-order valence-corrected chi connectivity index (χ3v) is 4.28. The molecule has 0 saturated carbocycles. The van der Waals surface area contributed by atoms with E-state index in [1.807, 2.05) is 13.8 Å². The SMILES string of the molecule is Cc1cc(C)c(S(N)(=O)=O)c(C)c1C(=O)NCC(C)C. The van der Waals surface area contributed by atoms with Crippen LogP contribution in [0.5, 0.6) is 0 Å². The van der Waals surface area contributed by atoms with Gasteiger partial charge in [-0.05, 0) is 43.4 Å². The number of hydrogen-bond donors (Lipinski definition) is 2. The molecule has 0 spiro atoms. The number of nitrogens with one attached hydrogen (secondary N) is 1. The first-order valence-corrected chi connectivity index (χ1v) is 8.02. The Morgan fingerprint density at radius 3 is 2.25 bits per heavy atom. The van der Waals surface area contributed by atoms with Crippen molar-refractivity contribution in [1.29, 1.82) is 0 Å². The van der Waals surface area contributed by atoms with Gasteiger partial charge in [-0.25, -0.2) is 13.6 Å². The van der Waals surface area contributed by atoms with E-state index in [4.69, 9.17) is 5.14 Å². The lowest BCUT2D eigenvalue weighted by atomic mass is 9.99. The largest absolute Gasteiger partial charge is 0.352 e. The Hall–Kier alpha value is -1.40. The number of carbonyl (C=O) groups is 1. The van der Waals surface area contributed by atoms with Crippen molar-refractivity contribution in [2.45, 2.75) is 39.5 Å². The van der Waals surface area contributed by atoms with Crippen LogP contribution in [0.15, 0.2) is 11.0 Å². The molecular formula is C14H22N2O3S. The summed E-state index contributed by atoms with van der Waals surface area (Å²) in [5.74, 6) is 0.0568. The average Bonchev–Trinajstić information content (AvgIpc) is 2.23. The second-order valence-corrected chi connectivity index (χ2v) is 6.99. The summed E-state index contributed by atoms with van der Waals surface area (Å²) in [5, 5.41) is 8.04. The molecule has 0 fully saturated rings. The van der Waals surface area contributed by atoms with Crippen LogP contribution >= 0.6 is 0 Å². The first kappa shape index (κ1) is 16.7. The Labute approximate surface area is 120 Å². The molecular weight excluding hydrogens is 276 g/mol. The molecule has 0 heterocycles. The number of amides is 1. The second-order valence-electron chi connectivity index (χ2n) is 5.49. The van der Waals surface area contributed by atoms with Crippen molar-refractivity contribution in [2.24, 2.45) is 11.1 Å². The predicted octanol–water partition coefficient (Wildman–Crippen LogP) is 1.65. The highest BCUT2D eigenvalue weighted by Crippen LogP contribution is 2.25. The molecule has 0 radical (unpaired) electrons. The Morgan fingerprint density at radius 1 is 1.25 bits per heavy atom. The summed E-state index contributed by atoms with van der Waals surface area (Å²) in [5.41, 5.74) is 2.10. The van der Waals surface area contributed by atoms with Crippen LogP contribution < -0.4 is 10.5 Å². The molecule has 1 rings (SSSR count). The zero-order chi connectivity index (χ0) is 15.7. The van der Waals surface area contributed by atoms with Crippen molar-refractivity contribution >= 4 is 15.9 Å². The lowest BCUT2D eigenvalue weighted by Gasteiger charge is -2.16. The van der Waals surface area contributed by atoms with Gasteiger partial charge in [0.1, 0.15) is 0 Å². The van der Waals surface area contributed by atoms with Gasteiger partial charge in [-0.2, -0.15) is 0 Å². The minimum atomic E-state index is -3.85. The molecule has 0 saturated heterocycles. The van der Waals surface area contributed by atoms with E-state index in [1.54, 1.807) is 26.8 Å². The van der Waals surface area contributed by atoms with Crippen LogP contribution in [-0.2, 0) is 10.0 Å². The van der Waals surface area contributed by atoms with Gasteiger partial charge in [0.25, 0.3) is 5.91 Å². The van der Waals surface area contributed by atoms with Crippen molar-refractivity contribution in [1.82, 2.24) is 5.32 Å². The van der Waals surface area contributed by atoms with E-state index in [9.17, 15) is 13.2 Å². The van der Waals surface area contributed by atoms with Crippen LogP contribution in [0.2, 0.25) is 0 Å². The summed E-state index contributed by atoms with van der Waals surface area (Å²) < 4.78 is 23.3. The Bertz CT molecular complexity index is 634. The summed E-state index contributed by atoms with van der Waals surface area (Å²) in [7, 11) is -3.85. The van der Waals surface area contributed by atoms with Crippen LogP contribution in [0.4, 0.5) is 0 Å². The summed E-state index contributed by atoms with van der Waals surface area (Å²) >= 11 is 0. The Balaban J connectivity index is 3.38. The van der Waals surface area contributed by atoms with E-state index in [0.29, 0.717) is 29.2 Å². The van der Waals surface area contributed by atoms with Crippen molar-refractivity contribution in [3.63, 3.8) is 0 Å². The monoisotopic (exact) mass is 298 g/mol. The molecule has 20 heavy (non-hydrogen) atoms. The predicted molar refractivity (Wildman–Crippen MR) is 79.2 cm³/mol. The minimum Gasteiger partial charge on any atom is -0.352 e. The molecule has 0 aliphatic heterocycles. The number of aryl methyl sites for hydroxylation is 2. The van der Waals surface area contributed by atoms with E-state index in [0.717, 1.165) is 5.56 Å². The number of nitrogens with two attached hydrogens (primary N) is 1. The Kier molecular flexibility index (Phi) is 4.94. The quantitative estimate of drug-likeness (QED) is 0.885. The second kappa shape index (κ2) is 5.93. The molecule has 0 aromatic heterocycles. The summed E-state index contributed by atoms with van der Waals surface area (Å²) in [6.45, 7) is 9.60. The van der Waals surface area contributed by atoms with Gasteiger partial charge in [0.15, 0.2) is 0 Å². The third-order valence-electron chi connectivity index (χ3n) is 3.08. The topological polar surface area (TPSA) is 89.3 Å². The lowest BCUT2D eigenvalue weighted by molar-refractivity contribution is 0.0947. The van der Waals surface area contributed by atoms with Crippen LogP contribution in [0, 0.1) is 26.7 Å². The highest BCUT2D eigenvalue weighted by molar-refractivity contribution is 7.89. The highest BCUT2D eigenvalue weighted by atomic mass is 32.2. The van der Waals surface area contributed by atoms with Gasteiger partial charge in [0.05, 0.1) is 4.90 Å². The summed E-state index contributed by atoms with van der Waals surface area (Å²) in [6.07, 6.45) is 0. The van der Waals surface area contributed by atoms with Crippen molar-refractivity contribution < 1.29 is 13.2 Å². The fourth-order valence-electron chi connectivity index (χ4n) is 2.34. The van der Waals surface area contributed by atoms with E-state index in [2.05, 4.69) is 5.32 Å². The van der Waals surface area contributed by atoms with Crippen molar-refractivity contribution in [2.75, 3.05) is 6.54 Å². The normalized spacial score (nSPS) is 11.8. The van der Waals surface area contributed by atoms with Crippen LogP contribution in [0.1, 0.15) is 40.9 Å². The molecule has 5 nitrogen and oxygen atoms in total. The van der Waals surface area contributed by atoms with Gasteiger partial charge in [-0.1, -0.05) is 19.9 Å². The zero-order valence-electron chi connectivity index (χ0n) is 12.6. The average molecular weight is 298 g/mol. The fraction of sp³-hybridized carbons (Fsp3) is 0.500. The van der Waals surface area contributed by atoms with E-state index < -0.39 is 10.0 Å². The van der Waals surface area contributed by atoms with E-state index in [1.165, 1.54) is 0 Å². The molecule has 1 aromatic rings. The number of hydrogen-bond acceptors (Lipinski definition) is 3. The molecule has 3 N–H and O–H groups in total. The smallest absolute Gasteiger partial charge is 0.251 e. The van der Waals surface area contributed by atoms with Gasteiger partial charge in [-0.15, -0.1) is 0 Å². The lowest BCUT2D eigenvalue weighted by Crippen LogP contribution is -2.29. The molecule has 0 unspecified atom stereocenters. The maximum Gasteiger partial charge on any atom is 0.251 e. The number of sulfonamides is 1. The summed E-state index contributed by atoms with van der Waals surface area (Å²) in [4.78, 5) is 12.3. The molecule has 112 valence electrons. The van der Waals surface area contributed by atoms with Gasteiger partial charge < -0.3 is 5.32 Å². The number of primary sulfonamides is 1. The van der Waals surface area contributed by atoms with Crippen LogP contribution in [0.25, 0.3) is 0 Å². The van der Waals surface area contributed by atoms with Crippen molar-refractivity contribution in [3.05, 3.63) is 28.3 Å². The van der Waals surface area contributed by atoms with Gasteiger partial charge in [0, 0.05) is 12.1 Å². The molecule has 0 bridgehead atoms. The van der Waals surface area contributed by atoms with Crippen LogP contribution in [0.3, 0.4) is 0 Å². The molecule has 0 aliphatic carbocycles. The van der Waals surface area contributed by atoms with Gasteiger partial charge in [0.2, 0.25) is 10.0 Å². The number of benzene rings is 1. The maximum atomic E-state index is 12.2. The van der Waals surface area contributed by atoms with E-state index in [-0.39, 0.29) is 10.8 Å². The molecule has 6 heteroatoms. The number of rotatable bonds is 4.